The third kappa shape index (κ3) is 4.94. The van der Waals surface area contributed by atoms with E-state index < -0.39 is 0 Å². The van der Waals surface area contributed by atoms with E-state index >= 15 is 0 Å². The van der Waals surface area contributed by atoms with E-state index in [-0.39, 0.29) is 5.91 Å². The smallest absolute Gasteiger partial charge is 0.220 e. The fraction of sp³-hybridized carbons (Fsp3) is 0.667. The highest BCUT2D eigenvalue weighted by molar-refractivity contribution is 7.99. The number of nitrogens with one attached hydrogen (secondary N) is 1. The maximum absolute atomic E-state index is 11.9. The fourth-order valence-corrected chi connectivity index (χ4v) is 3.83. The SMILES string of the molecule is CCS[C@H]1CCC[C@H](NC(=O)CCc2ccco2)C1. The summed E-state index contributed by atoms with van der Waals surface area (Å²) >= 11 is 2.03. The minimum Gasteiger partial charge on any atom is -0.469 e. The van der Waals surface area contributed by atoms with Gasteiger partial charge in [0, 0.05) is 24.1 Å². The molecular weight excluding hydrogens is 258 g/mol. The van der Waals surface area contributed by atoms with Gasteiger partial charge in [0.2, 0.25) is 5.91 Å². The summed E-state index contributed by atoms with van der Waals surface area (Å²) in [6.45, 7) is 2.20. The van der Waals surface area contributed by atoms with Crippen LogP contribution in [0.1, 0.15) is 44.8 Å². The summed E-state index contributed by atoms with van der Waals surface area (Å²) in [6.07, 6.45) is 7.67. The van der Waals surface area contributed by atoms with Crippen LogP contribution in [0.2, 0.25) is 0 Å². The standard InChI is InChI=1S/C15H23NO2S/c1-2-19-14-7-3-5-12(11-14)16-15(17)9-8-13-6-4-10-18-13/h4,6,10,12,14H,2-3,5,7-9,11H2,1H3,(H,16,17)/t12-,14-/m0/s1. The summed E-state index contributed by atoms with van der Waals surface area (Å²) in [4.78, 5) is 11.9. The van der Waals surface area contributed by atoms with Crippen LogP contribution in [-0.2, 0) is 11.2 Å². The molecule has 1 saturated carbocycles. The Morgan fingerprint density at radius 1 is 1.53 bits per heavy atom. The molecule has 106 valence electrons. The minimum absolute atomic E-state index is 0.156. The first-order chi connectivity index (χ1) is 9.28. The molecule has 1 aliphatic carbocycles. The van der Waals surface area contributed by atoms with Crippen molar-refractivity contribution < 1.29 is 9.21 Å². The number of carbonyl (C=O) groups excluding carboxylic acids is 1. The molecule has 0 spiro atoms. The number of amides is 1. The number of rotatable bonds is 6. The van der Waals surface area contributed by atoms with Crippen LogP contribution in [0.25, 0.3) is 0 Å². The van der Waals surface area contributed by atoms with Gasteiger partial charge in [-0.1, -0.05) is 13.3 Å². The maximum atomic E-state index is 11.9. The molecule has 1 N–H and O–H groups in total. The van der Waals surface area contributed by atoms with Gasteiger partial charge >= 0.3 is 0 Å². The molecule has 2 atom stereocenters. The van der Waals surface area contributed by atoms with E-state index in [0.717, 1.165) is 23.9 Å². The molecule has 1 aliphatic rings. The van der Waals surface area contributed by atoms with Gasteiger partial charge in [0.15, 0.2) is 0 Å². The average molecular weight is 281 g/mol. The first-order valence-corrected chi connectivity index (χ1v) is 8.26. The van der Waals surface area contributed by atoms with Gasteiger partial charge in [0.1, 0.15) is 5.76 Å². The van der Waals surface area contributed by atoms with E-state index in [4.69, 9.17) is 4.42 Å². The largest absolute Gasteiger partial charge is 0.469 e. The fourth-order valence-electron chi connectivity index (χ4n) is 2.65. The molecule has 2 rings (SSSR count). The first-order valence-electron chi connectivity index (χ1n) is 7.21. The summed E-state index contributed by atoms with van der Waals surface area (Å²) in [5.74, 6) is 2.21. The second-order valence-corrected chi connectivity index (χ2v) is 6.67. The molecule has 0 aliphatic heterocycles. The van der Waals surface area contributed by atoms with Gasteiger partial charge in [0.25, 0.3) is 0 Å². The van der Waals surface area contributed by atoms with Crippen molar-refractivity contribution in [2.24, 2.45) is 0 Å². The number of aryl methyl sites for hydroxylation is 1. The van der Waals surface area contributed by atoms with Crippen LogP contribution in [0, 0.1) is 0 Å². The van der Waals surface area contributed by atoms with Gasteiger partial charge in [-0.05, 0) is 37.1 Å². The Kier molecular flexibility index (Phi) is 5.83. The van der Waals surface area contributed by atoms with Gasteiger partial charge in [-0.2, -0.15) is 11.8 Å². The summed E-state index contributed by atoms with van der Waals surface area (Å²) in [5.41, 5.74) is 0. The molecular formula is C15H23NO2S. The molecule has 0 bridgehead atoms. The van der Waals surface area contributed by atoms with Gasteiger partial charge in [-0.15, -0.1) is 0 Å². The zero-order chi connectivity index (χ0) is 13.5. The molecule has 0 unspecified atom stereocenters. The van der Waals surface area contributed by atoms with E-state index in [1.165, 1.54) is 18.6 Å². The van der Waals surface area contributed by atoms with Crippen molar-refractivity contribution in [2.45, 2.75) is 56.7 Å². The van der Waals surface area contributed by atoms with Gasteiger partial charge in [-0.3, -0.25) is 4.79 Å². The van der Waals surface area contributed by atoms with Gasteiger partial charge < -0.3 is 9.73 Å². The van der Waals surface area contributed by atoms with Gasteiger partial charge in [-0.25, -0.2) is 0 Å². The number of furan rings is 1. The summed E-state index contributed by atoms with van der Waals surface area (Å²) in [7, 11) is 0. The van der Waals surface area contributed by atoms with Crippen molar-refractivity contribution in [1.82, 2.24) is 5.32 Å². The third-order valence-electron chi connectivity index (χ3n) is 3.57. The van der Waals surface area contributed by atoms with Crippen LogP contribution in [0.5, 0.6) is 0 Å². The van der Waals surface area contributed by atoms with E-state index in [9.17, 15) is 4.79 Å². The van der Waals surface area contributed by atoms with Crippen molar-refractivity contribution in [3.8, 4) is 0 Å². The summed E-state index contributed by atoms with van der Waals surface area (Å²) in [6, 6.07) is 4.16. The Bertz CT molecular complexity index is 376. The van der Waals surface area contributed by atoms with E-state index in [2.05, 4.69) is 12.2 Å². The van der Waals surface area contributed by atoms with Crippen LogP contribution in [0.15, 0.2) is 22.8 Å². The highest BCUT2D eigenvalue weighted by Crippen LogP contribution is 2.28. The quantitative estimate of drug-likeness (QED) is 0.869. The number of carbonyl (C=O) groups is 1. The normalized spacial score (nSPS) is 23.2. The number of hydrogen-bond acceptors (Lipinski definition) is 3. The Hall–Kier alpha value is -0.900. The monoisotopic (exact) mass is 281 g/mol. The van der Waals surface area contributed by atoms with Crippen molar-refractivity contribution >= 4 is 17.7 Å². The Labute approximate surface area is 119 Å². The molecule has 1 aromatic heterocycles. The van der Waals surface area contributed by atoms with Crippen LogP contribution in [-0.4, -0.2) is 23.0 Å². The Balaban J connectivity index is 1.69. The highest BCUT2D eigenvalue weighted by Gasteiger charge is 2.22. The van der Waals surface area contributed by atoms with Gasteiger partial charge in [0.05, 0.1) is 6.26 Å². The second-order valence-electron chi connectivity index (χ2n) is 5.09. The zero-order valence-electron chi connectivity index (χ0n) is 11.6. The Morgan fingerprint density at radius 3 is 3.16 bits per heavy atom. The molecule has 1 heterocycles. The van der Waals surface area contributed by atoms with Crippen LogP contribution in [0.3, 0.4) is 0 Å². The lowest BCUT2D eigenvalue weighted by Gasteiger charge is -2.29. The molecule has 3 nitrogen and oxygen atoms in total. The molecule has 0 saturated heterocycles. The summed E-state index contributed by atoms with van der Waals surface area (Å²) in [5, 5.41) is 3.91. The maximum Gasteiger partial charge on any atom is 0.220 e. The van der Waals surface area contributed by atoms with Crippen LogP contribution < -0.4 is 5.32 Å². The lowest BCUT2D eigenvalue weighted by molar-refractivity contribution is -0.122. The van der Waals surface area contributed by atoms with Crippen LogP contribution in [0.4, 0.5) is 0 Å². The second kappa shape index (κ2) is 7.63. The van der Waals surface area contributed by atoms with Crippen molar-refractivity contribution in [1.29, 1.82) is 0 Å². The topological polar surface area (TPSA) is 42.2 Å². The van der Waals surface area contributed by atoms with Crippen molar-refractivity contribution in [3.63, 3.8) is 0 Å². The van der Waals surface area contributed by atoms with E-state index in [1.807, 2.05) is 23.9 Å². The van der Waals surface area contributed by atoms with E-state index in [0.29, 0.717) is 18.9 Å². The molecule has 1 fully saturated rings. The molecule has 1 amide bonds. The number of thioether (sulfide) groups is 1. The first kappa shape index (κ1) is 14.5. The van der Waals surface area contributed by atoms with E-state index in [1.54, 1.807) is 6.26 Å². The van der Waals surface area contributed by atoms with Crippen LogP contribution >= 0.6 is 11.8 Å². The Morgan fingerprint density at radius 2 is 2.42 bits per heavy atom. The lowest BCUT2D eigenvalue weighted by Crippen LogP contribution is -2.39. The number of hydrogen-bond donors (Lipinski definition) is 1. The predicted molar refractivity (Wildman–Crippen MR) is 79.3 cm³/mol. The zero-order valence-corrected chi connectivity index (χ0v) is 12.4. The van der Waals surface area contributed by atoms with Crippen molar-refractivity contribution in [2.75, 3.05) is 5.75 Å². The third-order valence-corrected chi connectivity index (χ3v) is 4.81. The summed E-state index contributed by atoms with van der Waals surface area (Å²) < 4.78 is 5.24. The molecule has 4 heteroatoms. The minimum atomic E-state index is 0.156. The molecule has 0 aromatic carbocycles. The van der Waals surface area contributed by atoms with Crippen molar-refractivity contribution in [3.05, 3.63) is 24.2 Å². The molecule has 0 radical (unpaired) electrons. The predicted octanol–water partition coefficient (Wildman–Crippen LogP) is 3.39. The molecule has 19 heavy (non-hydrogen) atoms. The lowest BCUT2D eigenvalue weighted by atomic mass is 9.95. The molecule has 1 aromatic rings. The highest BCUT2D eigenvalue weighted by atomic mass is 32.2. The average Bonchev–Trinajstić information content (AvgIpc) is 2.90.